The van der Waals surface area contributed by atoms with E-state index in [1.807, 2.05) is 12.4 Å². The predicted molar refractivity (Wildman–Crippen MR) is 237 cm³/mol. The summed E-state index contributed by atoms with van der Waals surface area (Å²) in [5.74, 6) is -71.4. The van der Waals surface area contributed by atoms with Crippen LogP contribution in [0.2, 0.25) is 0 Å². The summed E-state index contributed by atoms with van der Waals surface area (Å²) in [7, 11) is 0. The summed E-state index contributed by atoms with van der Waals surface area (Å²) < 4.78 is 296. The minimum atomic E-state index is -7.22. The van der Waals surface area contributed by atoms with Crippen LogP contribution < -0.4 is 26.4 Å². The minimum absolute atomic E-state index is 0.803. The molecule has 76 heavy (non-hydrogen) atoms. The maximum atomic E-state index is 15.4. The van der Waals surface area contributed by atoms with Gasteiger partial charge >= 0.3 is 0 Å². The molecule has 0 fully saturated rings. The van der Waals surface area contributed by atoms with Crippen LogP contribution in [0.5, 0.6) is 0 Å². The largest absolute Gasteiger partial charge is 0.252 e. The molecule has 23 heteroatoms. The molecule has 0 radical (unpaired) electrons. The van der Waals surface area contributed by atoms with Gasteiger partial charge in [-0.3, -0.25) is 4.98 Å². The molecule has 0 atom stereocenters. The van der Waals surface area contributed by atoms with Crippen LogP contribution in [0.3, 0.4) is 0 Å². The zero-order valence-corrected chi connectivity index (χ0v) is 37.2. The van der Waals surface area contributed by atoms with Gasteiger partial charge in [0.05, 0.1) is 18.0 Å². The molecule has 0 aliphatic rings. The second kappa shape index (κ2) is 19.7. The number of benzene rings is 9. The van der Waals surface area contributed by atoms with Crippen LogP contribution >= 0.6 is 0 Å². The molecule has 1 aromatic heterocycles. The van der Waals surface area contributed by atoms with E-state index < -0.39 is 144 Å². The number of rotatable bonds is 7. The third-order valence-electron chi connectivity index (χ3n) is 12.7. The van der Waals surface area contributed by atoms with Gasteiger partial charge in [-0.2, -0.15) is 4.57 Å². The van der Waals surface area contributed by atoms with E-state index in [2.05, 4.69) is 113 Å². The Kier molecular flexibility index (Phi) is 13.5. The summed E-state index contributed by atoms with van der Waals surface area (Å²) in [6.07, 6.45) is -1.27. The normalized spacial score (nSPS) is 11.7. The highest BCUT2D eigenvalue weighted by Gasteiger charge is 2.52. The first kappa shape index (κ1) is 52.4. The van der Waals surface area contributed by atoms with E-state index >= 15 is 35.1 Å². The first-order valence-electron chi connectivity index (χ1n) is 21.5. The molecule has 10 aromatic rings. The quantitative estimate of drug-likeness (QED) is 0.0388. The van der Waals surface area contributed by atoms with Crippen molar-refractivity contribution in [2.24, 2.45) is 0 Å². The van der Waals surface area contributed by atoms with Crippen LogP contribution in [0, 0.1) is 116 Å². The maximum absolute atomic E-state index is 15.4. The summed E-state index contributed by atoms with van der Waals surface area (Å²) in [4.78, 5) is 4.52. The van der Waals surface area contributed by atoms with Gasteiger partial charge in [-0.25, -0.2) is 87.8 Å². The van der Waals surface area contributed by atoms with Crippen molar-refractivity contribution in [3.63, 3.8) is 0 Å². The Morgan fingerprint density at radius 3 is 1.07 bits per heavy atom. The molecule has 0 aliphatic carbocycles. The highest BCUT2D eigenvalue weighted by atomic mass is 19.2. The molecular weight excluding hydrogens is 1060 g/mol. The zero-order valence-electron chi connectivity index (χ0n) is 37.2. The van der Waals surface area contributed by atoms with E-state index in [4.69, 9.17) is 0 Å². The number of hydrogen-bond donors (Lipinski definition) is 0. The fourth-order valence-corrected chi connectivity index (χ4v) is 9.42. The van der Waals surface area contributed by atoms with Gasteiger partial charge in [0.2, 0.25) is 5.69 Å². The standard InChI is InChI=1S/C29H21N2.C24BF20/c1-2-8-21(9-3-1)20-31-15-14-30-19-28(31)29-26-13-7-6-12-24(26)17-25-16-22-10-4-5-11-23(22)18-27(25)29;26-5-1(6(27)14(35)21(42)13(5)34)25(2-7(28)15(36)22(43)16(37)8(2)29,3-9(30)17(38)23(44)18(39)10(3)31)4-11(32)19(40)24(45)20(41)12(4)33/h1-19H,20H2;/q+1;-1. The van der Waals surface area contributed by atoms with Gasteiger partial charge in [-0.1, -0.05) is 78.9 Å². The van der Waals surface area contributed by atoms with Gasteiger partial charge in [0.15, 0.2) is 82.5 Å². The van der Waals surface area contributed by atoms with Crippen molar-refractivity contribution in [2.75, 3.05) is 0 Å². The summed E-state index contributed by atoms with van der Waals surface area (Å²) in [6, 6.07) is 34.8. The predicted octanol–water partition coefficient (Wildman–Crippen LogP) is 12.4. The number of halogens is 20. The zero-order chi connectivity index (χ0) is 55.0. The molecule has 0 saturated carbocycles. The van der Waals surface area contributed by atoms with Crippen LogP contribution in [0.25, 0.3) is 43.6 Å². The monoisotopic (exact) mass is 1080 g/mol. The Morgan fingerprint density at radius 1 is 0.329 bits per heavy atom. The topological polar surface area (TPSA) is 16.8 Å². The Labute approximate surface area is 412 Å². The number of hydrogen-bond acceptors (Lipinski definition) is 1. The lowest BCUT2D eigenvalue weighted by Crippen LogP contribution is -2.81. The molecular formula is C53H21BF20N2. The van der Waals surface area contributed by atoms with Crippen molar-refractivity contribution in [3.8, 4) is 11.3 Å². The van der Waals surface area contributed by atoms with E-state index in [0.717, 1.165) is 12.2 Å². The molecule has 2 nitrogen and oxygen atoms in total. The maximum Gasteiger partial charge on any atom is 0.232 e. The molecule has 0 amide bonds. The lowest BCUT2D eigenvalue weighted by atomic mass is 9.12. The summed E-state index contributed by atoms with van der Waals surface area (Å²) in [5.41, 5.74) is -10.7. The first-order valence-corrected chi connectivity index (χ1v) is 21.5. The van der Waals surface area contributed by atoms with Gasteiger partial charge in [0.1, 0.15) is 52.7 Å². The van der Waals surface area contributed by atoms with Crippen molar-refractivity contribution in [2.45, 2.75) is 6.54 Å². The van der Waals surface area contributed by atoms with Gasteiger partial charge in [0, 0.05) is 5.56 Å². The van der Waals surface area contributed by atoms with Crippen molar-refractivity contribution >= 4 is 60.3 Å². The van der Waals surface area contributed by atoms with Crippen LogP contribution in [0.1, 0.15) is 5.56 Å². The second-order valence-electron chi connectivity index (χ2n) is 16.8. The van der Waals surface area contributed by atoms with Gasteiger partial charge in [0.25, 0.3) is 0 Å². The van der Waals surface area contributed by atoms with E-state index in [-0.39, 0.29) is 0 Å². The van der Waals surface area contributed by atoms with E-state index in [1.165, 1.54) is 43.4 Å². The average molecular weight is 1080 g/mol. The summed E-state index contributed by atoms with van der Waals surface area (Å²) >= 11 is 0. The lowest BCUT2D eigenvalue weighted by Gasteiger charge is -2.44. The molecule has 10 rings (SSSR count). The SMILES string of the molecule is Fc1c(F)c(F)c([B-](c2c(F)c(F)c(F)c(F)c2F)(c2c(F)c(F)c(F)c(F)c2F)c2c(F)c(F)c(F)c(F)c2F)c(F)c1F.c1ccc(C[n+]2ccncc2-c2c3ccccc3cc3cc4ccccc4cc23)cc1. The average Bonchev–Trinajstić information content (AvgIpc) is 3.59. The van der Waals surface area contributed by atoms with E-state index in [1.54, 1.807) is 0 Å². The number of fused-ring (bicyclic) bond motifs is 3. The molecule has 1 heterocycles. The highest BCUT2D eigenvalue weighted by molar-refractivity contribution is 7.20. The first-order chi connectivity index (χ1) is 36.1. The Hall–Kier alpha value is -8.50. The van der Waals surface area contributed by atoms with Gasteiger partial charge in [-0.15, -0.1) is 21.9 Å². The highest BCUT2D eigenvalue weighted by Crippen LogP contribution is 2.37. The molecule has 0 bridgehead atoms. The van der Waals surface area contributed by atoms with Gasteiger partial charge < -0.3 is 0 Å². The van der Waals surface area contributed by atoms with E-state index in [0.29, 0.717) is 0 Å². The van der Waals surface area contributed by atoms with Crippen molar-refractivity contribution < 1.29 is 92.4 Å². The van der Waals surface area contributed by atoms with E-state index in [9.17, 15) is 52.7 Å². The van der Waals surface area contributed by atoms with Crippen molar-refractivity contribution in [1.29, 1.82) is 0 Å². The van der Waals surface area contributed by atoms with Crippen molar-refractivity contribution in [1.82, 2.24) is 4.98 Å². The fourth-order valence-electron chi connectivity index (χ4n) is 9.42. The Morgan fingerprint density at radius 2 is 0.658 bits per heavy atom. The van der Waals surface area contributed by atoms with Crippen LogP contribution in [0.15, 0.2) is 116 Å². The summed E-state index contributed by atoms with van der Waals surface area (Å²) in [5, 5.41) is 7.52. The number of aromatic nitrogens is 2. The smallest absolute Gasteiger partial charge is 0.232 e. The third kappa shape index (κ3) is 8.01. The molecule has 9 aromatic carbocycles. The third-order valence-corrected chi connectivity index (χ3v) is 12.7. The Balaban J connectivity index is 0.000000197. The number of nitrogens with zero attached hydrogens (tertiary/aromatic N) is 2. The second-order valence-corrected chi connectivity index (χ2v) is 16.8. The fraction of sp³-hybridized carbons (Fsp3) is 0.0189. The van der Waals surface area contributed by atoms with Crippen molar-refractivity contribution in [3.05, 3.63) is 238 Å². The van der Waals surface area contributed by atoms with Crippen LogP contribution in [-0.2, 0) is 6.54 Å². The van der Waals surface area contributed by atoms with Crippen LogP contribution in [0.4, 0.5) is 87.8 Å². The Bertz CT molecular complexity index is 3660. The minimum Gasteiger partial charge on any atom is -0.252 e. The molecule has 0 saturated heterocycles. The molecule has 0 spiro atoms. The molecule has 0 unspecified atom stereocenters. The lowest BCUT2D eigenvalue weighted by molar-refractivity contribution is -0.677. The molecule has 386 valence electrons. The summed E-state index contributed by atoms with van der Waals surface area (Å²) in [6.45, 7) is 0.803. The van der Waals surface area contributed by atoms with Crippen LogP contribution in [-0.4, -0.2) is 11.1 Å². The van der Waals surface area contributed by atoms with Gasteiger partial charge in [-0.05, 0) is 50.5 Å². The molecule has 0 aliphatic heterocycles. The molecule has 0 N–H and O–H groups in total.